The third-order valence-electron chi connectivity index (χ3n) is 5.26. The van der Waals surface area contributed by atoms with Crippen LogP contribution in [-0.4, -0.2) is 66.0 Å². The van der Waals surface area contributed by atoms with Crippen LogP contribution in [0.4, 0.5) is 0 Å². The van der Waals surface area contributed by atoms with E-state index in [2.05, 4.69) is 34.2 Å². The van der Waals surface area contributed by atoms with Crippen molar-refractivity contribution in [1.29, 1.82) is 0 Å². The second kappa shape index (κ2) is 9.56. The van der Waals surface area contributed by atoms with E-state index in [1.165, 1.54) is 5.56 Å². The molecule has 1 aliphatic heterocycles. The number of nitrogens with one attached hydrogen (secondary N) is 1. The molecule has 154 valence electrons. The zero-order valence-electron chi connectivity index (χ0n) is 17.4. The monoisotopic (exact) mass is 395 g/mol. The Hall–Kier alpha value is -2.86. The minimum Gasteiger partial charge on any atom is -0.462 e. The van der Waals surface area contributed by atoms with E-state index in [-0.39, 0.29) is 11.9 Å². The van der Waals surface area contributed by atoms with E-state index in [4.69, 9.17) is 4.74 Å². The number of rotatable bonds is 6. The summed E-state index contributed by atoms with van der Waals surface area (Å²) < 4.78 is 5.11. The van der Waals surface area contributed by atoms with Crippen LogP contribution in [0, 0.1) is 13.8 Å². The van der Waals surface area contributed by atoms with Crippen molar-refractivity contribution >= 4 is 18.0 Å². The molecule has 1 aromatic heterocycles. The SMILES string of the molecule is CCOC(=O)c1c(C)[nH]c(C(=O)N2CCN(C/C=C/c3ccccc3)CC2)c1C. The summed E-state index contributed by atoms with van der Waals surface area (Å²) in [6, 6.07) is 10.2. The molecule has 2 heterocycles. The van der Waals surface area contributed by atoms with Gasteiger partial charge in [-0.3, -0.25) is 9.69 Å². The second-order valence-electron chi connectivity index (χ2n) is 7.25. The average molecular weight is 396 g/mol. The number of benzene rings is 1. The zero-order chi connectivity index (χ0) is 20.8. The van der Waals surface area contributed by atoms with Crippen LogP contribution < -0.4 is 0 Å². The maximum Gasteiger partial charge on any atom is 0.340 e. The lowest BCUT2D eigenvalue weighted by Gasteiger charge is -2.34. The first-order valence-electron chi connectivity index (χ1n) is 10.1. The molecule has 0 radical (unpaired) electrons. The van der Waals surface area contributed by atoms with Gasteiger partial charge in [0.25, 0.3) is 5.91 Å². The van der Waals surface area contributed by atoms with Gasteiger partial charge in [-0.25, -0.2) is 4.79 Å². The number of amides is 1. The van der Waals surface area contributed by atoms with Crippen LogP contribution in [0.1, 0.15) is 44.6 Å². The molecule has 0 aliphatic carbocycles. The van der Waals surface area contributed by atoms with Crippen molar-refractivity contribution in [2.75, 3.05) is 39.3 Å². The minimum atomic E-state index is -0.382. The van der Waals surface area contributed by atoms with Crippen LogP contribution in [0.3, 0.4) is 0 Å². The fourth-order valence-corrected chi connectivity index (χ4v) is 3.67. The number of aromatic amines is 1. The number of ether oxygens (including phenoxy) is 1. The maximum atomic E-state index is 13.0. The summed E-state index contributed by atoms with van der Waals surface area (Å²) in [5, 5.41) is 0. The molecule has 0 bridgehead atoms. The highest BCUT2D eigenvalue weighted by Gasteiger charge is 2.27. The Kier molecular flexibility index (Phi) is 6.88. The van der Waals surface area contributed by atoms with Gasteiger partial charge in [0.15, 0.2) is 0 Å². The molecule has 1 aromatic carbocycles. The topological polar surface area (TPSA) is 65.6 Å². The van der Waals surface area contributed by atoms with Crippen LogP contribution in [0.25, 0.3) is 6.08 Å². The predicted octanol–water partition coefficient (Wildman–Crippen LogP) is 3.28. The summed E-state index contributed by atoms with van der Waals surface area (Å²) in [5.41, 5.74) is 3.49. The Balaban J connectivity index is 1.57. The fourth-order valence-electron chi connectivity index (χ4n) is 3.67. The van der Waals surface area contributed by atoms with E-state index in [9.17, 15) is 9.59 Å². The molecular weight excluding hydrogens is 366 g/mol. The van der Waals surface area contributed by atoms with Crippen LogP contribution >= 0.6 is 0 Å². The summed E-state index contributed by atoms with van der Waals surface area (Å²) in [6.07, 6.45) is 4.29. The highest BCUT2D eigenvalue weighted by atomic mass is 16.5. The van der Waals surface area contributed by atoms with E-state index < -0.39 is 0 Å². The molecule has 6 nitrogen and oxygen atoms in total. The number of hydrogen-bond acceptors (Lipinski definition) is 4. The van der Waals surface area contributed by atoms with Crippen LogP contribution in [0.2, 0.25) is 0 Å². The molecule has 1 fully saturated rings. The molecule has 1 aliphatic rings. The van der Waals surface area contributed by atoms with E-state index >= 15 is 0 Å². The summed E-state index contributed by atoms with van der Waals surface area (Å²) >= 11 is 0. The molecule has 1 amide bonds. The maximum absolute atomic E-state index is 13.0. The van der Waals surface area contributed by atoms with E-state index in [0.29, 0.717) is 42.2 Å². The number of aryl methyl sites for hydroxylation is 1. The largest absolute Gasteiger partial charge is 0.462 e. The van der Waals surface area contributed by atoms with Crippen molar-refractivity contribution in [3.05, 3.63) is 64.5 Å². The number of carbonyl (C=O) groups is 2. The Morgan fingerprint density at radius 2 is 1.79 bits per heavy atom. The number of H-pyrrole nitrogens is 1. The van der Waals surface area contributed by atoms with Crippen molar-refractivity contribution in [1.82, 2.24) is 14.8 Å². The molecule has 0 saturated carbocycles. The molecule has 6 heteroatoms. The van der Waals surface area contributed by atoms with Gasteiger partial charge in [0.2, 0.25) is 0 Å². The molecule has 29 heavy (non-hydrogen) atoms. The lowest BCUT2D eigenvalue weighted by Crippen LogP contribution is -2.48. The van der Waals surface area contributed by atoms with Crippen molar-refractivity contribution in [2.24, 2.45) is 0 Å². The molecule has 1 N–H and O–H groups in total. The summed E-state index contributed by atoms with van der Waals surface area (Å²) in [7, 11) is 0. The van der Waals surface area contributed by atoms with Crippen molar-refractivity contribution in [3.63, 3.8) is 0 Å². The molecule has 2 aromatic rings. The minimum absolute atomic E-state index is 0.0550. The number of carbonyl (C=O) groups excluding carboxylic acids is 2. The highest BCUT2D eigenvalue weighted by molar-refractivity contribution is 6.00. The van der Waals surface area contributed by atoms with Crippen LogP contribution in [-0.2, 0) is 4.74 Å². The highest BCUT2D eigenvalue weighted by Crippen LogP contribution is 2.21. The van der Waals surface area contributed by atoms with Gasteiger partial charge in [-0.15, -0.1) is 0 Å². The normalized spacial score (nSPS) is 15.1. The van der Waals surface area contributed by atoms with Gasteiger partial charge in [-0.1, -0.05) is 42.5 Å². The van der Waals surface area contributed by atoms with Gasteiger partial charge in [-0.05, 0) is 31.9 Å². The van der Waals surface area contributed by atoms with E-state index in [1.807, 2.05) is 23.1 Å². The summed E-state index contributed by atoms with van der Waals surface area (Å²) in [5.74, 6) is -0.437. The number of nitrogens with zero attached hydrogens (tertiary/aromatic N) is 2. The number of esters is 1. The zero-order valence-corrected chi connectivity index (χ0v) is 17.4. The van der Waals surface area contributed by atoms with E-state index in [1.54, 1.807) is 20.8 Å². The quantitative estimate of drug-likeness (QED) is 0.763. The van der Waals surface area contributed by atoms with Crippen molar-refractivity contribution < 1.29 is 14.3 Å². The third kappa shape index (κ3) is 4.95. The summed E-state index contributed by atoms with van der Waals surface area (Å²) in [4.78, 5) is 32.4. The predicted molar refractivity (Wildman–Crippen MR) is 114 cm³/mol. The van der Waals surface area contributed by atoms with Gasteiger partial charge >= 0.3 is 5.97 Å². The lowest BCUT2D eigenvalue weighted by molar-refractivity contribution is 0.0525. The summed E-state index contributed by atoms with van der Waals surface area (Å²) in [6.45, 7) is 9.55. The smallest absolute Gasteiger partial charge is 0.340 e. The van der Waals surface area contributed by atoms with Gasteiger partial charge in [0, 0.05) is 38.4 Å². The first-order valence-corrected chi connectivity index (χ1v) is 10.1. The molecule has 3 rings (SSSR count). The number of aromatic nitrogens is 1. The number of piperazine rings is 1. The molecule has 0 unspecified atom stereocenters. The van der Waals surface area contributed by atoms with E-state index in [0.717, 1.165) is 19.6 Å². The Labute approximate surface area is 172 Å². The van der Waals surface area contributed by atoms with Crippen molar-refractivity contribution in [2.45, 2.75) is 20.8 Å². The number of hydrogen-bond donors (Lipinski definition) is 1. The van der Waals surface area contributed by atoms with Crippen molar-refractivity contribution in [3.8, 4) is 0 Å². The fraction of sp³-hybridized carbons (Fsp3) is 0.391. The molecule has 0 atom stereocenters. The Morgan fingerprint density at radius 3 is 2.45 bits per heavy atom. The second-order valence-corrected chi connectivity index (χ2v) is 7.25. The van der Waals surface area contributed by atoms with Crippen LogP contribution in [0.5, 0.6) is 0 Å². The molecule has 1 saturated heterocycles. The van der Waals surface area contributed by atoms with Gasteiger partial charge in [-0.2, -0.15) is 0 Å². The lowest BCUT2D eigenvalue weighted by atomic mass is 10.1. The first kappa shape index (κ1) is 20.9. The molecular formula is C23H29N3O3. The van der Waals surface area contributed by atoms with Gasteiger partial charge in [0.05, 0.1) is 12.2 Å². The van der Waals surface area contributed by atoms with Gasteiger partial charge < -0.3 is 14.6 Å². The first-order chi connectivity index (χ1) is 14.0. The van der Waals surface area contributed by atoms with Crippen LogP contribution in [0.15, 0.2) is 36.4 Å². The average Bonchev–Trinajstić information content (AvgIpc) is 3.03. The Morgan fingerprint density at radius 1 is 1.10 bits per heavy atom. The molecule has 0 spiro atoms. The third-order valence-corrected chi connectivity index (χ3v) is 5.26. The standard InChI is InChI=1S/C23H29N3O3/c1-4-29-23(28)20-17(2)21(24-18(20)3)22(27)26-15-13-25(14-16-26)12-8-11-19-9-6-5-7-10-19/h5-11,24H,4,12-16H2,1-3H3/b11-8+. The van der Waals surface area contributed by atoms with Gasteiger partial charge in [0.1, 0.15) is 5.69 Å². The Bertz CT molecular complexity index is 878.